The third kappa shape index (κ3) is 3.79. The molecule has 0 unspecified atom stereocenters. The average Bonchev–Trinajstić information content (AvgIpc) is 3.28. The summed E-state index contributed by atoms with van der Waals surface area (Å²) < 4.78 is 0. The first-order chi connectivity index (χ1) is 13.0. The van der Waals surface area contributed by atoms with Gasteiger partial charge >= 0.3 is 0 Å². The summed E-state index contributed by atoms with van der Waals surface area (Å²) in [6.07, 6.45) is 0.706. The van der Waals surface area contributed by atoms with Gasteiger partial charge in [0.05, 0.1) is 17.1 Å². The van der Waals surface area contributed by atoms with Crippen LogP contribution in [0.5, 0.6) is 0 Å². The summed E-state index contributed by atoms with van der Waals surface area (Å²) in [5, 5.41) is 5.34. The van der Waals surface area contributed by atoms with E-state index in [-0.39, 0.29) is 11.8 Å². The molecule has 0 spiro atoms. The minimum absolute atomic E-state index is 0.0463. The molecule has 1 aliphatic heterocycles. The fraction of sp³-hybridized carbons (Fsp3) is 0.250. The Labute approximate surface area is 165 Å². The molecule has 138 valence electrons. The highest BCUT2D eigenvalue weighted by Gasteiger charge is 2.25. The van der Waals surface area contributed by atoms with Crippen LogP contribution < -0.4 is 5.32 Å². The summed E-state index contributed by atoms with van der Waals surface area (Å²) in [4.78, 5) is 33.2. The SMILES string of the molecule is Cc1cc(C)cc(C(=O)N2CCc3nc(NC(=O)c4cccs4)sc3C2)c1. The minimum Gasteiger partial charge on any atom is -0.333 e. The molecule has 3 heterocycles. The Balaban J connectivity index is 1.49. The van der Waals surface area contributed by atoms with Crippen molar-refractivity contribution in [3.05, 3.63) is 67.9 Å². The summed E-state index contributed by atoms with van der Waals surface area (Å²) in [7, 11) is 0. The number of benzene rings is 1. The minimum atomic E-state index is -0.140. The van der Waals surface area contributed by atoms with Gasteiger partial charge in [-0.2, -0.15) is 0 Å². The number of aromatic nitrogens is 1. The molecule has 27 heavy (non-hydrogen) atoms. The number of hydrogen-bond donors (Lipinski definition) is 1. The number of nitrogens with one attached hydrogen (secondary N) is 1. The van der Waals surface area contributed by atoms with Crippen molar-refractivity contribution in [2.45, 2.75) is 26.8 Å². The number of carbonyl (C=O) groups is 2. The van der Waals surface area contributed by atoms with E-state index in [1.54, 1.807) is 6.07 Å². The predicted molar refractivity (Wildman–Crippen MR) is 109 cm³/mol. The van der Waals surface area contributed by atoms with Gasteiger partial charge < -0.3 is 4.90 Å². The number of rotatable bonds is 3. The van der Waals surface area contributed by atoms with Gasteiger partial charge in [0.2, 0.25) is 0 Å². The summed E-state index contributed by atoms with van der Waals surface area (Å²) in [6, 6.07) is 9.58. The molecular weight excluding hydrogens is 378 g/mol. The summed E-state index contributed by atoms with van der Waals surface area (Å²) in [6.45, 7) is 5.18. The van der Waals surface area contributed by atoms with Crippen LogP contribution in [-0.4, -0.2) is 28.2 Å². The van der Waals surface area contributed by atoms with Gasteiger partial charge in [0.15, 0.2) is 5.13 Å². The first kappa shape index (κ1) is 17.9. The Bertz CT molecular complexity index is 988. The van der Waals surface area contributed by atoms with Crippen LogP contribution in [0.25, 0.3) is 0 Å². The monoisotopic (exact) mass is 397 g/mol. The summed E-state index contributed by atoms with van der Waals surface area (Å²) in [5.74, 6) is -0.0933. The molecule has 0 radical (unpaired) electrons. The van der Waals surface area contributed by atoms with Crippen LogP contribution in [0.4, 0.5) is 5.13 Å². The zero-order valence-corrected chi connectivity index (χ0v) is 16.7. The fourth-order valence-corrected chi connectivity index (χ4v) is 4.91. The second kappa shape index (κ2) is 7.25. The van der Waals surface area contributed by atoms with Gasteiger partial charge in [0.25, 0.3) is 11.8 Å². The molecule has 0 bridgehead atoms. The van der Waals surface area contributed by atoms with Crippen molar-refractivity contribution in [1.29, 1.82) is 0 Å². The molecule has 2 aromatic heterocycles. The fourth-order valence-electron chi connectivity index (χ4n) is 3.27. The van der Waals surface area contributed by atoms with Gasteiger partial charge in [-0.05, 0) is 37.4 Å². The van der Waals surface area contributed by atoms with Gasteiger partial charge in [0.1, 0.15) is 0 Å². The number of amides is 2. The lowest BCUT2D eigenvalue weighted by atomic mass is 10.1. The Morgan fingerprint density at radius 2 is 1.96 bits per heavy atom. The van der Waals surface area contributed by atoms with E-state index in [0.717, 1.165) is 27.3 Å². The van der Waals surface area contributed by atoms with Crippen molar-refractivity contribution in [1.82, 2.24) is 9.88 Å². The van der Waals surface area contributed by atoms with Crippen LogP contribution in [0, 0.1) is 13.8 Å². The predicted octanol–water partition coefficient (Wildman–Crippen LogP) is 4.27. The van der Waals surface area contributed by atoms with E-state index in [1.165, 1.54) is 22.7 Å². The van der Waals surface area contributed by atoms with E-state index in [9.17, 15) is 9.59 Å². The molecule has 4 rings (SSSR count). The molecular formula is C20H19N3O2S2. The van der Waals surface area contributed by atoms with E-state index in [1.807, 2.05) is 42.3 Å². The van der Waals surface area contributed by atoms with Gasteiger partial charge in [-0.25, -0.2) is 4.98 Å². The molecule has 0 saturated heterocycles. The topological polar surface area (TPSA) is 62.3 Å². The molecule has 0 saturated carbocycles. The molecule has 1 aliphatic rings. The molecule has 1 N–H and O–H groups in total. The van der Waals surface area contributed by atoms with Gasteiger partial charge in [0, 0.05) is 23.4 Å². The van der Waals surface area contributed by atoms with Gasteiger partial charge in [-0.1, -0.05) is 34.6 Å². The van der Waals surface area contributed by atoms with E-state index in [0.29, 0.717) is 29.5 Å². The lowest BCUT2D eigenvalue weighted by Gasteiger charge is -2.26. The molecule has 0 aliphatic carbocycles. The lowest BCUT2D eigenvalue weighted by Crippen LogP contribution is -2.35. The van der Waals surface area contributed by atoms with E-state index in [2.05, 4.69) is 16.4 Å². The Morgan fingerprint density at radius 3 is 2.67 bits per heavy atom. The second-order valence-corrected chi connectivity index (χ2v) is 8.70. The quantitative estimate of drug-likeness (QED) is 0.718. The number of anilines is 1. The zero-order chi connectivity index (χ0) is 19.0. The highest BCUT2D eigenvalue weighted by molar-refractivity contribution is 7.16. The van der Waals surface area contributed by atoms with Crippen LogP contribution >= 0.6 is 22.7 Å². The highest BCUT2D eigenvalue weighted by atomic mass is 32.1. The number of nitrogens with zero attached hydrogens (tertiary/aromatic N) is 2. The zero-order valence-electron chi connectivity index (χ0n) is 15.1. The third-order valence-corrected chi connectivity index (χ3v) is 6.32. The van der Waals surface area contributed by atoms with Gasteiger partial charge in [-0.15, -0.1) is 11.3 Å². The normalized spacial score (nSPS) is 13.3. The molecule has 0 fully saturated rings. The van der Waals surface area contributed by atoms with Crippen molar-refractivity contribution < 1.29 is 9.59 Å². The average molecular weight is 398 g/mol. The number of thiazole rings is 1. The van der Waals surface area contributed by atoms with E-state index in [4.69, 9.17) is 0 Å². The van der Waals surface area contributed by atoms with Crippen molar-refractivity contribution in [3.63, 3.8) is 0 Å². The number of fused-ring (bicyclic) bond motifs is 1. The Morgan fingerprint density at radius 1 is 1.19 bits per heavy atom. The number of aryl methyl sites for hydroxylation is 2. The number of carbonyl (C=O) groups excluding carboxylic acids is 2. The third-order valence-electron chi connectivity index (χ3n) is 4.45. The number of thiophene rings is 1. The van der Waals surface area contributed by atoms with Crippen molar-refractivity contribution >= 4 is 39.6 Å². The molecule has 3 aromatic rings. The largest absolute Gasteiger partial charge is 0.333 e. The number of hydrogen-bond acceptors (Lipinski definition) is 5. The highest BCUT2D eigenvalue weighted by Crippen LogP contribution is 2.29. The van der Waals surface area contributed by atoms with Crippen molar-refractivity contribution in [2.24, 2.45) is 0 Å². The van der Waals surface area contributed by atoms with E-state index >= 15 is 0 Å². The smallest absolute Gasteiger partial charge is 0.267 e. The maximum atomic E-state index is 12.9. The van der Waals surface area contributed by atoms with Crippen LogP contribution in [0.15, 0.2) is 35.7 Å². The lowest BCUT2D eigenvalue weighted by molar-refractivity contribution is 0.0736. The van der Waals surface area contributed by atoms with Crippen molar-refractivity contribution in [2.75, 3.05) is 11.9 Å². The molecule has 0 atom stereocenters. The summed E-state index contributed by atoms with van der Waals surface area (Å²) >= 11 is 2.85. The molecule has 2 amide bonds. The van der Waals surface area contributed by atoms with Crippen LogP contribution in [0.1, 0.15) is 41.7 Å². The Kier molecular flexibility index (Phi) is 4.80. The standard InChI is InChI=1S/C20H19N3O2S2/c1-12-8-13(2)10-14(9-12)19(25)23-6-5-15-17(11-23)27-20(21-15)22-18(24)16-4-3-7-26-16/h3-4,7-10H,5-6,11H2,1-2H3,(H,21,22,24). The Hall–Kier alpha value is -2.51. The molecule has 7 heteroatoms. The second-order valence-electron chi connectivity index (χ2n) is 6.67. The summed E-state index contributed by atoms with van der Waals surface area (Å²) in [5.41, 5.74) is 3.89. The van der Waals surface area contributed by atoms with Gasteiger partial charge in [-0.3, -0.25) is 14.9 Å². The molecule has 5 nitrogen and oxygen atoms in total. The maximum absolute atomic E-state index is 12.9. The molecule has 1 aromatic carbocycles. The van der Waals surface area contributed by atoms with Crippen LogP contribution in [0.3, 0.4) is 0 Å². The van der Waals surface area contributed by atoms with Crippen LogP contribution in [0.2, 0.25) is 0 Å². The first-order valence-electron chi connectivity index (χ1n) is 8.70. The van der Waals surface area contributed by atoms with E-state index < -0.39 is 0 Å². The first-order valence-corrected chi connectivity index (χ1v) is 10.4. The maximum Gasteiger partial charge on any atom is 0.267 e. The van der Waals surface area contributed by atoms with Crippen molar-refractivity contribution in [3.8, 4) is 0 Å². The van der Waals surface area contributed by atoms with Crippen LogP contribution in [-0.2, 0) is 13.0 Å².